The van der Waals surface area contributed by atoms with Crippen molar-refractivity contribution in [1.82, 2.24) is 10.3 Å². The Morgan fingerprint density at radius 2 is 2.50 bits per heavy atom. The second kappa shape index (κ2) is 4.09. The van der Waals surface area contributed by atoms with Gasteiger partial charge in [0, 0.05) is 18.2 Å². The third-order valence-electron chi connectivity index (χ3n) is 2.54. The van der Waals surface area contributed by atoms with Crippen molar-refractivity contribution in [2.24, 2.45) is 0 Å². The van der Waals surface area contributed by atoms with Crippen LogP contribution in [0.15, 0.2) is 5.38 Å². The van der Waals surface area contributed by atoms with E-state index < -0.39 is 0 Å². The highest BCUT2D eigenvalue weighted by Gasteiger charge is 2.22. The van der Waals surface area contributed by atoms with Gasteiger partial charge in [-0.15, -0.1) is 11.3 Å². The second-order valence-corrected chi connectivity index (χ2v) is 4.60. The van der Waals surface area contributed by atoms with Gasteiger partial charge in [0.25, 0.3) is 0 Å². The lowest BCUT2D eigenvalue weighted by atomic mass is 9.86. The van der Waals surface area contributed by atoms with Crippen LogP contribution in [0.4, 0.5) is 0 Å². The SMILES string of the molecule is CC(=O)NCc1csc(C2CCC2)n1. The van der Waals surface area contributed by atoms with Crippen LogP contribution in [0.5, 0.6) is 0 Å². The summed E-state index contributed by atoms with van der Waals surface area (Å²) in [5, 5.41) is 6.05. The Morgan fingerprint density at radius 3 is 3.07 bits per heavy atom. The van der Waals surface area contributed by atoms with Crippen LogP contribution in [0.2, 0.25) is 0 Å². The number of thiazole rings is 1. The van der Waals surface area contributed by atoms with Gasteiger partial charge in [0.1, 0.15) is 0 Å². The van der Waals surface area contributed by atoms with Crippen LogP contribution >= 0.6 is 11.3 Å². The first kappa shape index (κ1) is 9.65. The van der Waals surface area contributed by atoms with Gasteiger partial charge < -0.3 is 5.32 Å². The molecule has 0 atom stereocenters. The summed E-state index contributed by atoms with van der Waals surface area (Å²) in [6.07, 6.45) is 3.91. The van der Waals surface area contributed by atoms with Crippen LogP contribution in [0.25, 0.3) is 0 Å². The minimum Gasteiger partial charge on any atom is -0.351 e. The van der Waals surface area contributed by atoms with E-state index in [1.165, 1.54) is 31.2 Å². The summed E-state index contributed by atoms with van der Waals surface area (Å²) in [5.41, 5.74) is 0.993. The highest BCUT2D eigenvalue weighted by atomic mass is 32.1. The molecule has 1 fully saturated rings. The van der Waals surface area contributed by atoms with E-state index >= 15 is 0 Å². The van der Waals surface area contributed by atoms with Crippen molar-refractivity contribution in [2.75, 3.05) is 0 Å². The number of hydrogen-bond donors (Lipinski definition) is 1. The molecule has 1 aromatic heterocycles. The number of nitrogens with zero attached hydrogens (tertiary/aromatic N) is 1. The molecule has 0 saturated heterocycles. The van der Waals surface area contributed by atoms with Gasteiger partial charge in [-0.1, -0.05) is 6.42 Å². The van der Waals surface area contributed by atoms with Crippen LogP contribution in [-0.4, -0.2) is 10.9 Å². The van der Waals surface area contributed by atoms with E-state index in [4.69, 9.17) is 0 Å². The molecule has 3 nitrogen and oxygen atoms in total. The Kier molecular flexibility index (Phi) is 2.82. The van der Waals surface area contributed by atoms with Gasteiger partial charge >= 0.3 is 0 Å². The molecule has 1 amide bonds. The summed E-state index contributed by atoms with van der Waals surface area (Å²) in [6, 6.07) is 0. The van der Waals surface area contributed by atoms with Gasteiger partial charge in [-0.25, -0.2) is 4.98 Å². The first-order valence-corrected chi connectivity index (χ1v) is 5.82. The van der Waals surface area contributed by atoms with Crippen molar-refractivity contribution in [3.63, 3.8) is 0 Å². The average Bonchev–Trinajstić information content (AvgIpc) is 2.46. The van der Waals surface area contributed by atoms with E-state index in [-0.39, 0.29) is 5.91 Å². The minimum atomic E-state index is 0.00296. The van der Waals surface area contributed by atoms with Gasteiger partial charge in [-0.3, -0.25) is 4.79 Å². The lowest BCUT2D eigenvalue weighted by molar-refractivity contribution is -0.119. The summed E-state index contributed by atoms with van der Waals surface area (Å²) in [7, 11) is 0. The number of carbonyl (C=O) groups excluding carboxylic acids is 1. The quantitative estimate of drug-likeness (QED) is 0.829. The topological polar surface area (TPSA) is 42.0 Å². The molecule has 0 bridgehead atoms. The fraction of sp³-hybridized carbons (Fsp3) is 0.600. The number of aromatic nitrogens is 1. The molecule has 1 aliphatic carbocycles. The molecule has 1 N–H and O–H groups in total. The Hall–Kier alpha value is -0.900. The fourth-order valence-corrected chi connectivity index (χ4v) is 2.45. The predicted octanol–water partition coefficient (Wildman–Crippen LogP) is 2.05. The zero-order valence-corrected chi connectivity index (χ0v) is 9.06. The molecule has 14 heavy (non-hydrogen) atoms. The number of hydrogen-bond acceptors (Lipinski definition) is 3. The zero-order valence-electron chi connectivity index (χ0n) is 8.25. The lowest BCUT2D eigenvalue weighted by Crippen LogP contribution is -2.19. The van der Waals surface area contributed by atoms with Crippen molar-refractivity contribution < 1.29 is 4.79 Å². The summed E-state index contributed by atoms with van der Waals surface area (Å²) >= 11 is 1.72. The summed E-state index contributed by atoms with van der Waals surface area (Å²) in [4.78, 5) is 15.2. The smallest absolute Gasteiger partial charge is 0.217 e. The molecule has 0 aromatic carbocycles. The van der Waals surface area contributed by atoms with Gasteiger partial charge in [-0.05, 0) is 12.8 Å². The molecule has 0 aliphatic heterocycles. The van der Waals surface area contributed by atoms with Crippen LogP contribution in [0, 0.1) is 0 Å². The first-order valence-electron chi connectivity index (χ1n) is 4.94. The van der Waals surface area contributed by atoms with Crippen LogP contribution < -0.4 is 5.32 Å². The van der Waals surface area contributed by atoms with E-state index in [0.717, 1.165) is 5.69 Å². The molecule has 2 rings (SSSR count). The third-order valence-corrected chi connectivity index (χ3v) is 3.60. The van der Waals surface area contributed by atoms with Crippen LogP contribution in [-0.2, 0) is 11.3 Å². The van der Waals surface area contributed by atoms with Gasteiger partial charge in [0.15, 0.2) is 0 Å². The van der Waals surface area contributed by atoms with Crippen molar-refractivity contribution in [3.05, 3.63) is 16.1 Å². The average molecular weight is 210 g/mol. The molecule has 1 saturated carbocycles. The molecule has 0 radical (unpaired) electrons. The highest BCUT2D eigenvalue weighted by molar-refractivity contribution is 7.09. The highest BCUT2D eigenvalue weighted by Crippen LogP contribution is 2.37. The minimum absolute atomic E-state index is 0.00296. The number of rotatable bonds is 3. The molecule has 1 aliphatic rings. The van der Waals surface area contributed by atoms with Crippen molar-refractivity contribution in [3.8, 4) is 0 Å². The zero-order chi connectivity index (χ0) is 9.97. The van der Waals surface area contributed by atoms with E-state index in [9.17, 15) is 4.79 Å². The summed E-state index contributed by atoms with van der Waals surface area (Å²) < 4.78 is 0. The van der Waals surface area contributed by atoms with Crippen molar-refractivity contribution in [1.29, 1.82) is 0 Å². The monoisotopic (exact) mass is 210 g/mol. The molecule has 0 spiro atoms. The Bertz CT molecular complexity index is 331. The lowest BCUT2D eigenvalue weighted by Gasteiger charge is -2.22. The van der Waals surface area contributed by atoms with Crippen LogP contribution in [0.1, 0.15) is 42.8 Å². The van der Waals surface area contributed by atoms with E-state index in [2.05, 4.69) is 10.3 Å². The van der Waals surface area contributed by atoms with Crippen LogP contribution in [0.3, 0.4) is 0 Å². The Labute approximate surface area is 87.6 Å². The van der Waals surface area contributed by atoms with E-state index in [1.807, 2.05) is 5.38 Å². The number of carbonyl (C=O) groups is 1. The second-order valence-electron chi connectivity index (χ2n) is 3.71. The molecule has 0 unspecified atom stereocenters. The fourth-order valence-electron chi connectivity index (χ4n) is 1.46. The maximum atomic E-state index is 10.7. The molecule has 4 heteroatoms. The number of amides is 1. The molecule has 76 valence electrons. The van der Waals surface area contributed by atoms with E-state index in [1.54, 1.807) is 11.3 Å². The predicted molar refractivity (Wildman–Crippen MR) is 56.2 cm³/mol. The Balaban J connectivity index is 1.92. The summed E-state index contributed by atoms with van der Waals surface area (Å²) in [6.45, 7) is 2.10. The number of nitrogens with one attached hydrogen (secondary N) is 1. The first-order chi connectivity index (χ1) is 6.75. The molecule has 1 aromatic rings. The molecular weight excluding hydrogens is 196 g/mol. The maximum Gasteiger partial charge on any atom is 0.217 e. The van der Waals surface area contributed by atoms with Crippen molar-refractivity contribution in [2.45, 2.75) is 38.6 Å². The van der Waals surface area contributed by atoms with Crippen molar-refractivity contribution >= 4 is 17.2 Å². The third kappa shape index (κ3) is 2.12. The van der Waals surface area contributed by atoms with E-state index in [0.29, 0.717) is 12.5 Å². The largest absolute Gasteiger partial charge is 0.351 e. The van der Waals surface area contributed by atoms with Gasteiger partial charge in [-0.2, -0.15) is 0 Å². The normalized spacial score (nSPS) is 16.4. The maximum absolute atomic E-state index is 10.7. The summed E-state index contributed by atoms with van der Waals surface area (Å²) in [5.74, 6) is 0.703. The molecular formula is C10H14N2OS. The standard InChI is InChI=1S/C10H14N2OS/c1-7(13)11-5-9-6-14-10(12-9)8-3-2-4-8/h6,8H,2-5H2,1H3,(H,11,13). The van der Waals surface area contributed by atoms with Gasteiger partial charge in [0.2, 0.25) is 5.91 Å². The Morgan fingerprint density at radius 1 is 1.71 bits per heavy atom. The van der Waals surface area contributed by atoms with Gasteiger partial charge in [0.05, 0.1) is 17.2 Å². The molecule has 1 heterocycles.